The van der Waals surface area contributed by atoms with Gasteiger partial charge in [-0.15, -0.1) is 0 Å². The molecular weight excluding hydrogens is 1330 g/mol. The van der Waals surface area contributed by atoms with Crippen molar-refractivity contribution in [2.45, 2.75) is 302 Å². The summed E-state index contributed by atoms with van der Waals surface area (Å²) in [7, 11) is 2.34. The summed E-state index contributed by atoms with van der Waals surface area (Å²) in [6.45, 7) is 9.93. The molecule has 0 aromatic heterocycles. The number of allylic oxidation sites excluding steroid dienone is 1. The SMILES string of the molecule is COC1C(O)C(CO)OC(OC2C(O)C(CO)OC(OC3COC(OC4CCC5(C)C6=CC(O)C78C(=O)OC(C)(CCCC(C)C)C7CCC8(C)C6CCC5C4(C)C)C(OC4OC(CO)C(OC5OC(CO)C(O)C(OC6OC(CO)C(O)C(OC)C6O)C5O)C(O)C4O)C3O)C2O)C1O. The molecule has 10 fully saturated rings. The minimum Gasteiger partial charge on any atom is -0.459 e. The van der Waals surface area contributed by atoms with Crippen LogP contribution in [0.5, 0.6) is 0 Å². The third kappa shape index (κ3) is 13.5. The number of rotatable bonds is 23. The Morgan fingerprint density at radius 2 is 0.940 bits per heavy atom. The van der Waals surface area contributed by atoms with Crippen molar-refractivity contribution in [1.29, 1.82) is 0 Å². The molecule has 0 bridgehead atoms. The number of methoxy groups -OCH3 is 2. The number of cyclic esters (lactones) is 1. The van der Waals surface area contributed by atoms with Crippen LogP contribution in [0, 0.1) is 45.3 Å². The molecule has 4 aliphatic carbocycles. The minimum atomic E-state index is -2.19. The summed E-state index contributed by atoms with van der Waals surface area (Å²) in [5.41, 5.74) is -2.64. The molecule has 1 spiro atoms. The van der Waals surface area contributed by atoms with Gasteiger partial charge in [-0.2, -0.15) is 0 Å². The predicted octanol–water partition coefficient (Wildman–Crippen LogP) is -5.06. The van der Waals surface area contributed by atoms with Crippen molar-refractivity contribution < 1.29 is 163 Å². The van der Waals surface area contributed by atoms with Gasteiger partial charge in [-0.3, -0.25) is 4.79 Å². The Hall–Kier alpha value is -2.03. The topological polar surface area (TPSA) is 499 Å². The van der Waals surface area contributed by atoms with Crippen molar-refractivity contribution in [3.05, 3.63) is 11.6 Å². The van der Waals surface area contributed by atoms with Gasteiger partial charge in [-0.25, -0.2) is 0 Å². The first-order valence-electron chi connectivity index (χ1n) is 35.3. The predicted molar refractivity (Wildman–Crippen MR) is 333 cm³/mol. The van der Waals surface area contributed by atoms with Crippen molar-refractivity contribution >= 4 is 5.97 Å². The summed E-state index contributed by atoms with van der Waals surface area (Å²) < 4.78 is 89.8. The van der Waals surface area contributed by atoms with Crippen LogP contribution < -0.4 is 0 Å². The van der Waals surface area contributed by atoms with E-state index < -0.39 is 257 Å². The Kier molecular flexibility index (Phi) is 24.4. The van der Waals surface area contributed by atoms with Crippen molar-refractivity contribution in [3.8, 4) is 0 Å². The molecule has 0 radical (unpaired) electrons. The fourth-order valence-electron chi connectivity index (χ4n) is 19.4. The van der Waals surface area contributed by atoms with E-state index in [9.17, 15) is 91.6 Å². The van der Waals surface area contributed by atoms with Crippen LogP contribution >= 0.6 is 0 Å². The average molecular weight is 1440 g/mol. The molecule has 33 nitrogen and oxygen atoms in total. The van der Waals surface area contributed by atoms with Crippen LogP contribution in [0.25, 0.3) is 0 Å². The van der Waals surface area contributed by atoms with E-state index in [0.717, 1.165) is 38.4 Å². The molecule has 576 valence electrons. The van der Waals surface area contributed by atoms with Crippen LogP contribution in [0.2, 0.25) is 0 Å². The number of carbonyl (C=O) groups is 1. The van der Waals surface area contributed by atoms with Gasteiger partial charge in [0.2, 0.25) is 0 Å². The molecule has 0 amide bonds. The molecule has 100 heavy (non-hydrogen) atoms. The van der Waals surface area contributed by atoms with Crippen molar-refractivity contribution in [2.75, 3.05) is 53.9 Å². The largest absolute Gasteiger partial charge is 0.459 e. The number of fused-ring (bicyclic) bond motifs is 4. The Morgan fingerprint density at radius 1 is 0.480 bits per heavy atom. The van der Waals surface area contributed by atoms with Crippen molar-refractivity contribution in [3.63, 3.8) is 0 Å². The van der Waals surface area contributed by atoms with Gasteiger partial charge in [0, 0.05) is 20.1 Å². The third-order valence-electron chi connectivity index (χ3n) is 24.9. The normalized spacial score (nSPS) is 52.5. The fraction of sp³-hybridized carbons (Fsp3) is 0.955. The van der Waals surface area contributed by atoms with Crippen LogP contribution in [-0.4, -0.2) is 343 Å². The smallest absolute Gasteiger partial charge is 0.316 e. The first-order chi connectivity index (χ1) is 47.3. The maximum Gasteiger partial charge on any atom is 0.316 e. The molecule has 7 saturated heterocycles. The zero-order valence-electron chi connectivity index (χ0n) is 58.0. The lowest BCUT2D eigenvalue weighted by Gasteiger charge is -2.64. The molecule has 0 aromatic carbocycles. The van der Waals surface area contributed by atoms with Gasteiger partial charge >= 0.3 is 5.97 Å². The Labute approximate surface area is 579 Å². The summed E-state index contributed by atoms with van der Waals surface area (Å²) in [4.78, 5) is 14.6. The van der Waals surface area contributed by atoms with E-state index in [1.807, 2.05) is 13.0 Å². The number of carbonyl (C=O) groups excluding carboxylic acids is 1. The second kappa shape index (κ2) is 30.9. The first-order valence-corrected chi connectivity index (χ1v) is 35.3. The molecule has 3 saturated carbocycles. The van der Waals surface area contributed by atoms with E-state index in [4.69, 9.17) is 71.1 Å². The maximum atomic E-state index is 14.6. The van der Waals surface area contributed by atoms with Crippen molar-refractivity contribution in [1.82, 2.24) is 0 Å². The van der Waals surface area contributed by atoms with Crippen LogP contribution in [0.1, 0.15) is 106 Å². The van der Waals surface area contributed by atoms with E-state index >= 15 is 0 Å². The highest BCUT2D eigenvalue weighted by atomic mass is 16.8. The van der Waals surface area contributed by atoms with E-state index in [1.54, 1.807) is 0 Å². The first kappa shape index (κ1) is 79.0. The van der Waals surface area contributed by atoms with Crippen LogP contribution in [-0.2, 0) is 75.8 Å². The van der Waals surface area contributed by atoms with Gasteiger partial charge in [0.25, 0.3) is 0 Å². The lowest BCUT2D eigenvalue weighted by atomic mass is 9.40. The summed E-state index contributed by atoms with van der Waals surface area (Å²) in [5, 5.41) is 191. The lowest BCUT2D eigenvalue weighted by molar-refractivity contribution is -0.399. The van der Waals surface area contributed by atoms with E-state index in [0.29, 0.717) is 38.0 Å². The monoisotopic (exact) mass is 1440 g/mol. The van der Waals surface area contributed by atoms with Crippen LogP contribution in [0.3, 0.4) is 0 Å². The molecule has 7 heterocycles. The number of hydrogen-bond donors (Lipinski definition) is 17. The second-order valence-electron chi connectivity index (χ2n) is 31.2. The van der Waals surface area contributed by atoms with E-state index in [1.165, 1.54) is 7.11 Å². The molecule has 38 atom stereocenters. The Bertz CT molecular complexity index is 2750. The van der Waals surface area contributed by atoms with Gasteiger partial charge in [0.15, 0.2) is 37.7 Å². The number of ether oxygens (including phenoxy) is 15. The molecule has 11 rings (SSSR count). The van der Waals surface area contributed by atoms with Gasteiger partial charge in [0.1, 0.15) is 151 Å². The number of esters is 1. The second-order valence-corrected chi connectivity index (χ2v) is 31.2. The van der Waals surface area contributed by atoms with Crippen LogP contribution in [0.15, 0.2) is 11.6 Å². The van der Waals surface area contributed by atoms with E-state index in [-0.39, 0.29) is 23.7 Å². The Morgan fingerprint density at radius 3 is 1.44 bits per heavy atom. The molecule has 11 aliphatic rings. The number of hydrogen-bond acceptors (Lipinski definition) is 33. The molecule has 7 aliphatic heterocycles. The zero-order chi connectivity index (χ0) is 72.8. The highest BCUT2D eigenvalue weighted by molar-refractivity contribution is 5.84. The zero-order valence-corrected chi connectivity index (χ0v) is 58.0. The summed E-state index contributed by atoms with van der Waals surface area (Å²) in [6, 6.07) is 0. The highest BCUT2D eigenvalue weighted by Gasteiger charge is 2.79. The number of aliphatic hydroxyl groups is 17. The van der Waals surface area contributed by atoms with Crippen molar-refractivity contribution in [2.24, 2.45) is 45.3 Å². The Balaban J connectivity index is 0.847. The standard InChI is InChI=1S/C67H110O33/c1-26(2)11-10-16-66(7)36-14-18-65(6)27-12-13-35-63(3,4)38(15-17-64(35,5)28(27)19-37(73)67(36,65)62(85)100-66)95-61-55(43(78)34(25-88-61)94-57-48(83)53(41(76)31(22-70)89-57)97-58-46(81)51(86-8)39(74)29(20-68)90-58)99-56-45(80)44(79)50(33(24-72)93-56)96-60-49(84)54(42(77)32(23-71)92-60)98-59-47(82)52(87-9)40(75)30(21-69)91-59/h19,26-27,29-61,68-84H,10-18,20-25H2,1-9H3. The van der Waals surface area contributed by atoms with Gasteiger partial charge in [0.05, 0.1) is 51.8 Å². The van der Waals surface area contributed by atoms with Gasteiger partial charge in [-0.05, 0) is 92.3 Å². The fourth-order valence-corrected chi connectivity index (χ4v) is 19.4. The number of aliphatic hydroxyl groups excluding tert-OH is 17. The molecule has 0 aromatic rings. The van der Waals surface area contributed by atoms with Gasteiger partial charge < -0.3 is 158 Å². The average Bonchev–Trinajstić information content (AvgIpc) is 1.46. The summed E-state index contributed by atoms with van der Waals surface area (Å²) >= 11 is 0. The van der Waals surface area contributed by atoms with Gasteiger partial charge in [-0.1, -0.05) is 59.6 Å². The summed E-state index contributed by atoms with van der Waals surface area (Å²) in [5.74, 6) is -0.208. The summed E-state index contributed by atoms with van der Waals surface area (Å²) in [6.07, 6.45) is -44.7. The molecule has 17 N–H and O–H groups in total. The quantitative estimate of drug-likeness (QED) is 0.0259. The van der Waals surface area contributed by atoms with E-state index in [2.05, 4.69) is 41.5 Å². The molecular formula is C67H110O33. The molecule has 33 heteroatoms. The molecule has 38 unspecified atom stereocenters. The third-order valence-corrected chi connectivity index (χ3v) is 24.9. The lowest BCUT2D eigenvalue weighted by Crippen LogP contribution is -2.68. The highest BCUT2D eigenvalue weighted by Crippen LogP contribution is 2.76. The van der Waals surface area contributed by atoms with Crippen LogP contribution in [0.4, 0.5) is 0 Å². The maximum absolute atomic E-state index is 14.6. The minimum absolute atomic E-state index is 0.0553.